The molecular formula is C23H29N3O3. The molecule has 0 unspecified atom stereocenters. The Hall–Kier alpha value is -3.02. The largest absolute Gasteiger partial charge is 0.493 e. The van der Waals surface area contributed by atoms with Gasteiger partial charge in [-0.25, -0.2) is 4.98 Å². The summed E-state index contributed by atoms with van der Waals surface area (Å²) >= 11 is 0. The zero-order valence-corrected chi connectivity index (χ0v) is 17.2. The van der Waals surface area contributed by atoms with Crippen molar-refractivity contribution < 1.29 is 14.3 Å². The molecule has 29 heavy (non-hydrogen) atoms. The maximum atomic E-state index is 12.4. The number of amides is 1. The van der Waals surface area contributed by atoms with Gasteiger partial charge < -0.3 is 20.1 Å². The van der Waals surface area contributed by atoms with E-state index in [0.29, 0.717) is 23.6 Å². The van der Waals surface area contributed by atoms with E-state index in [1.165, 1.54) is 31.3 Å². The molecule has 0 saturated carbocycles. The predicted molar refractivity (Wildman–Crippen MR) is 115 cm³/mol. The number of methoxy groups -OCH3 is 2. The first-order valence-corrected chi connectivity index (χ1v) is 10.1. The Kier molecular flexibility index (Phi) is 7.50. The van der Waals surface area contributed by atoms with Crippen molar-refractivity contribution in [2.45, 2.75) is 38.6 Å². The molecule has 0 saturated heterocycles. The number of pyridine rings is 1. The molecule has 0 aliphatic heterocycles. The molecule has 0 fully saturated rings. The van der Waals surface area contributed by atoms with Crippen LogP contribution in [-0.4, -0.2) is 31.7 Å². The smallest absolute Gasteiger partial charge is 0.253 e. The Morgan fingerprint density at radius 3 is 2.66 bits per heavy atom. The molecule has 1 heterocycles. The van der Waals surface area contributed by atoms with Crippen molar-refractivity contribution in [3.8, 4) is 11.5 Å². The maximum Gasteiger partial charge on any atom is 0.253 e. The summed E-state index contributed by atoms with van der Waals surface area (Å²) in [4.78, 5) is 16.8. The van der Waals surface area contributed by atoms with Gasteiger partial charge >= 0.3 is 0 Å². The van der Waals surface area contributed by atoms with Crippen LogP contribution in [0.3, 0.4) is 0 Å². The fourth-order valence-corrected chi connectivity index (χ4v) is 3.39. The lowest BCUT2D eigenvalue weighted by Crippen LogP contribution is -2.23. The molecule has 2 N–H and O–H groups in total. The van der Waals surface area contributed by atoms with Crippen molar-refractivity contribution in [1.29, 1.82) is 0 Å². The van der Waals surface area contributed by atoms with Crippen molar-refractivity contribution in [2.75, 3.05) is 26.1 Å². The summed E-state index contributed by atoms with van der Waals surface area (Å²) in [5.74, 6) is 1.93. The molecule has 1 aliphatic rings. The van der Waals surface area contributed by atoms with Crippen LogP contribution in [0, 0.1) is 0 Å². The molecular weight excluding hydrogens is 366 g/mol. The van der Waals surface area contributed by atoms with Crippen LogP contribution in [0.4, 0.5) is 5.82 Å². The summed E-state index contributed by atoms with van der Waals surface area (Å²) in [7, 11) is 3.19. The summed E-state index contributed by atoms with van der Waals surface area (Å²) < 4.78 is 10.5. The summed E-state index contributed by atoms with van der Waals surface area (Å²) in [6.07, 6.45) is 10.1. The van der Waals surface area contributed by atoms with Gasteiger partial charge in [0.1, 0.15) is 5.82 Å². The Morgan fingerprint density at radius 1 is 1.10 bits per heavy atom. The van der Waals surface area contributed by atoms with Gasteiger partial charge in [-0.3, -0.25) is 4.79 Å². The third kappa shape index (κ3) is 5.98. The standard InChI is InChI=1S/C23H29N3O3/c1-28-20-10-8-18(14-21(20)29-2)15-26-23(27)19-9-11-22(25-16-19)24-13-12-17-6-4-3-5-7-17/h6,8-11,14,16H,3-5,7,12-13,15H2,1-2H3,(H,24,25)(H,26,27). The van der Waals surface area contributed by atoms with E-state index in [1.807, 2.05) is 24.3 Å². The number of nitrogens with zero attached hydrogens (tertiary/aromatic N) is 1. The minimum Gasteiger partial charge on any atom is -0.493 e. The van der Waals surface area contributed by atoms with Crippen LogP contribution in [0.2, 0.25) is 0 Å². The molecule has 6 heteroatoms. The number of carbonyl (C=O) groups is 1. The fraction of sp³-hybridized carbons (Fsp3) is 0.391. The van der Waals surface area contributed by atoms with E-state index >= 15 is 0 Å². The lowest BCUT2D eigenvalue weighted by molar-refractivity contribution is 0.0950. The zero-order chi connectivity index (χ0) is 20.5. The van der Waals surface area contributed by atoms with Gasteiger partial charge in [0.05, 0.1) is 19.8 Å². The van der Waals surface area contributed by atoms with E-state index in [4.69, 9.17) is 9.47 Å². The van der Waals surface area contributed by atoms with Gasteiger partial charge in [-0.15, -0.1) is 0 Å². The van der Waals surface area contributed by atoms with Crippen molar-refractivity contribution in [2.24, 2.45) is 0 Å². The van der Waals surface area contributed by atoms with E-state index in [9.17, 15) is 4.79 Å². The van der Waals surface area contributed by atoms with Gasteiger partial charge in [-0.2, -0.15) is 0 Å². The molecule has 1 amide bonds. The SMILES string of the molecule is COc1ccc(CNC(=O)c2ccc(NCCC3=CCCCC3)nc2)cc1OC. The molecule has 6 nitrogen and oxygen atoms in total. The van der Waals surface area contributed by atoms with Gasteiger partial charge in [0.25, 0.3) is 5.91 Å². The average Bonchev–Trinajstić information content (AvgIpc) is 2.78. The number of carbonyl (C=O) groups excluding carboxylic acids is 1. The molecule has 1 aromatic heterocycles. The monoisotopic (exact) mass is 395 g/mol. The number of rotatable bonds is 9. The van der Waals surface area contributed by atoms with E-state index < -0.39 is 0 Å². The summed E-state index contributed by atoms with van der Waals surface area (Å²) in [6.45, 7) is 1.26. The Bertz CT molecular complexity index is 847. The number of aromatic nitrogens is 1. The summed E-state index contributed by atoms with van der Waals surface area (Å²) in [6, 6.07) is 9.21. The third-order valence-electron chi connectivity index (χ3n) is 5.06. The van der Waals surface area contributed by atoms with E-state index in [1.54, 1.807) is 26.5 Å². The van der Waals surface area contributed by atoms with Crippen LogP contribution in [0.15, 0.2) is 48.2 Å². The molecule has 1 aliphatic carbocycles. The van der Waals surface area contributed by atoms with Crippen LogP contribution in [0.1, 0.15) is 48.0 Å². The minimum atomic E-state index is -0.161. The first-order chi connectivity index (χ1) is 14.2. The molecule has 2 aromatic rings. The van der Waals surface area contributed by atoms with Gasteiger partial charge in [-0.05, 0) is 61.9 Å². The highest BCUT2D eigenvalue weighted by Gasteiger charge is 2.09. The van der Waals surface area contributed by atoms with E-state index in [2.05, 4.69) is 21.7 Å². The van der Waals surface area contributed by atoms with E-state index in [0.717, 1.165) is 24.3 Å². The van der Waals surface area contributed by atoms with Crippen LogP contribution < -0.4 is 20.1 Å². The number of hydrogen-bond acceptors (Lipinski definition) is 5. The normalized spacial score (nSPS) is 13.4. The number of ether oxygens (including phenoxy) is 2. The highest BCUT2D eigenvalue weighted by atomic mass is 16.5. The first kappa shape index (κ1) is 20.7. The lowest BCUT2D eigenvalue weighted by atomic mass is 9.97. The van der Waals surface area contributed by atoms with Gasteiger partial charge in [0, 0.05) is 19.3 Å². The topological polar surface area (TPSA) is 72.5 Å². The molecule has 3 rings (SSSR count). The fourth-order valence-electron chi connectivity index (χ4n) is 3.39. The second-order valence-electron chi connectivity index (χ2n) is 7.09. The zero-order valence-electron chi connectivity index (χ0n) is 17.2. The Labute approximate surface area is 172 Å². The Morgan fingerprint density at radius 2 is 1.97 bits per heavy atom. The highest BCUT2D eigenvalue weighted by molar-refractivity contribution is 5.94. The van der Waals surface area contributed by atoms with Crippen LogP contribution in [0.5, 0.6) is 11.5 Å². The number of nitrogens with one attached hydrogen (secondary N) is 2. The average molecular weight is 396 g/mol. The van der Waals surface area contributed by atoms with Crippen molar-refractivity contribution >= 4 is 11.7 Å². The van der Waals surface area contributed by atoms with Gasteiger partial charge in [0.2, 0.25) is 0 Å². The van der Waals surface area contributed by atoms with Gasteiger partial charge in [-0.1, -0.05) is 17.7 Å². The predicted octanol–water partition coefficient (Wildman–Crippen LogP) is 4.33. The van der Waals surface area contributed by atoms with Gasteiger partial charge in [0.15, 0.2) is 11.5 Å². The number of allylic oxidation sites excluding steroid dienone is 1. The second kappa shape index (κ2) is 10.5. The molecule has 0 bridgehead atoms. The quantitative estimate of drug-likeness (QED) is 0.618. The van der Waals surface area contributed by atoms with Crippen LogP contribution in [0.25, 0.3) is 0 Å². The van der Waals surface area contributed by atoms with Crippen LogP contribution in [-0.2, 0) is 6.54 Å². The van der Waals surface area contributed by atoms with Crippen molar-refractivity contribution in [3.63, 3.8) is 0 Å². The second-order valence-corrected chi connectivity index (χ2v) is 7.09. The highest BCUT2D eigenvalue weighted by Crippen LogP contribution is 2.27. The molecule has 0 radical (unpaired) electrons. The molecule has 0 atom stereocenters. The molecule has 1 aromatic carbocycles. The summed E-state index contributed by atoms with van der Waals surface area (Å²) in [5.41, 5.74) is 3.00. The molecule has 0 spiro atoms. The van der Waals surface area contributed by atoms with Crippen LogP contribution >= 0.6 is 0 Å². The number of benzene rings is 1. The first-order valence-electron chi connectivity index (χ1n) is 10.1. The minimum absolute atomic E-state index is 0.161. The summed E-state index contributed by atoms with van der Waals surface area (Å²) in [5, 5.41) is 6.24. The molecule has 154 valence electrons. The van der Waals surface area contributed by atoms with Crippen molar-refractivity contribution in [1.82, 2.24) is 10.3 Å². The van der Waals surface area contributed by atoms with E-state index in [-0.39, 0.29) is 5.91 Å². The number of hydrogen-bond donors (Lipinski definition) is 2. The Balaban J connectivity index is 1.48. The van der Waals surface area contributed by atoms with Crippen molar-refractivity contribution in [3.05, 3.63) is 59.3 Å². The number of anilines is 1. The third-order valence-corrected chi connectivity index (χ3v) is 5.06. The maximum absolute atomic E-state index is 12.4. The lowest BCUT2D eigenvalue weighted by Gasteiger charge is -2.13.